The van der Waals surface area contributed by atoms with Gasteiger partial charge in [0, 0.05) is 31.5 Å². The molecule has 1 aliphatic carbocycles. The minimum absolute atomic E-state index is 0.0357. The minimum Gasteiger partial charge on any atom is -0.490 e. The number of rotatable bonds is 6. The topological polar surface area (TPSA) is 88.6 Å². The third-order valence-electron chi connectivity index (χ3n) is 6.11. The molecule has 0 bridgehead atoms. The highest BCUT2D eigenvalue weighted by Crippen LogP contribution is 2.26. The molecule has 1 aromatic carbocycles. The van der Waals surface area contributed by atoms with Gasteiger partial charge in [0.05, 0.1) is 16.9 Å². The highest BCUT2D eigenvalue weighted by molar-refractivity contribution is 7.89. The molecule has 1 aromatic heterocycles. The van der Waals surface area contributed by atoms with Gasteiger partial charge in [-0.25, -0.2) is 8.42 Å². The number of pyridine rings is 1. The highest BCUT2D eigenvalue weighted by Gasteiger charge is 2.34. The van der Waals surface area contributed by atoms with Gasteiger partial charge in [0.1, 0.15) is 5.75 Å². The fourth-order valence-corrected chi connectivity index (χ4v) is 5.91. The molecule has 1 N–H and O–H groups in total. The van der Waals surface area contributed by atoms with Crippen molar-refractivity contribution in [3.63, 3.8) is 0 Å². The molecule has 1 saturated heterocycles. The first-order chi connectivity index (χ1) is 15.0. The van der Waals surface area contributed by atoms with Gasteiger partial charge in [-0.15, -0.1) is 0 Å². The molecule has 1 aliphatic heterocycles. The summed E-state index contributed by atoms with van der Waals surface area (Å²) in [5.41, 5.74) is 0. The molecule has 0 unspecified atom stereocenters. The van der Waals surface area contributed by atoms with E-state index < -0.39 is 10.0 Å². The summed E-state index contributed by atoms with van der Waals surface area (Å²) in [4.78, 5) is 17.2. The number of nitrogens with one attached hydrogen (secondary N) is 1. The van der Waals surface area contributed by atoms with Crippen molar-refractivity contribution in [2.75, 3.05) is 13.1 Å². The molecule has 1 atom stereocenters. The predicted octanol–water partition coefficient (Wildman–Crippen LogP) is 2.99. The Morgan fingerprint density at radius 1 is 1.00 bits per heavy atom. The minimum atomic E-state index is -3.57. The van der Waals surface area contributed by atoms with E-state index in [2.05, 4.69) is 10.3 Å². The fourth-order valence-electron chi connectivity index (χ4n) is 4.37. The van der Waals surface area contributed by atoms with Gasteiger partial charge in [-0.3, -0.25) is 9.78 Å². The van der Waals surface area contributed by atoms with Crippen molar-refractivity contribution in [2.45, 2.75) is 55.6 Å². The van der Waals surface area contributed by atoms with Crippen LogP contribution in [0, 0.1) is 5.92 Å². The van der Waals surface area contributed by atoms with E-state index in [9.17, 15) is 13.2 Å². The summed E-state index contributed by atoms with van der Waals surface area (Å²) < 4.78 is 33.3. The maximum Gasteiger partial charge on any atom is 0.243 e. The van der Waals surface area contributed by atoms with Crippen LogP contribution in [-0.4, -0.2) is 48.8 Å². The van der Waals surface area contributed by atoms with Crippen LogP contribution in [0.25, 0.3) is 0 Å². The molecule has 2 aromatic rings. The van der Waals surface area contributed by atoms with Crippen molar-refractivity contribution in [3.05, 3.63) is 54.9 Å². The summed E-state index contributed by atoms with van der Waals surface area (Å²) in [5.74, 6) is 0.480. The van der Waals surface area contributed by atoms with Gasteiger partial charge in [0.25, 0.3) is 0 Å². The first-order valence-electron chi connectivity index (χ1n) is 10.9. The summed E-state index contributed by atoms with van der Waals surface area (Å²) in [7, 11) is -3.57. The van der Waals surface area contributed by atoms with E-state index in [1.54, 1.807) is 42.7 Å². The van der Waals surface area contributed by atoms with E-state index >= 15 is 0 Å². The van der Waals surface area contributed by atoms with Crippen LogP contribution in [0.15, 0.2) is 59.8 Å². The summed E-state index contributed by atoms with van der Waals surface area (Å²) >= 11 is 0. The normalized spacial score (nSPS) is 25.0. The van der Waals surface area contributed by atoms with Crippen LogP contribution in [0.5, 0.6) is 5.75 Å². The number of amides is 1. The van der Waals surface area contributed by atoms with Gasteiger partial charge in [0.2, 0.25) is 15.9 Å². The Hall–Kier alpha value is -2.45. The molecule has 1 saturated carbocycles. The molecule has 8 heteroatoms. The number of carbonyl (C=O) groups is 1. The molecule has 4 rings (SSSR count). The Labute approximate surface area is 183 Å². The maximum absolute atomic E-state index is 12.9. The van der Waals surface area contributed by atoms with Gasteiger partial charge >= 0.3 is 0 Å². The molecular formula is C23H29N3O4S. The number of piperidine rings is 1. The molecule has 1 amide bonds. The summed E-state index contributed by atoms with van der Waals surface area (Å²) in [6.45, 7) is 0.696. The Kier molecular flexibility index (Phi) is 6.87. The molecule has 2 fully saturated rings. The van der Waals surface area contributed by atoms with E-state index in [0.717, 1.165) is 31.4 Å². The number of nitrogens with zero attached hydrogens (tertiary/aromatic N) is 2. The number of aromatic nitrogens is 1. The molecular weight excluding hydrogens is 414 g/mol. The van der Waals surface area contributed by atoms with Crippen molar-refractivity contribution >= 4 is 15.9 Å². The number of hydrogen-bond acceptors (Lipinski definition) is 5. The van der Waals surface area contributed by atoms with E-state index in [-0.39, 0.29) is 35.4 Å². The second-order valence-corrected chi connectivity index (χ2v) is 10.2. The highest BCUT2D eigenvalue weighted by atomic mass is 32.2. The number of carbonyl (C=O) groups excluding carboxylic acids is 1. The standard InChI is InChI=1S/C23H29N3O4S/c27-23(25-19-8-10-20(11-9-19)30-21-12-14-24-15-13-21)18-5-4-16-26(17-18)31(28,29)22-6-2-1-3-7-22/h1-3,6-7,12-15,18-20H,4-5,8-11,16-17H2,(H,25,27)/t18-,19-,20-/m0/s1. The summed E-state index contributed by atoms with van der Waals surface area (Å²) in [6.07, 6.45) is 8.47. The van der Waals surface area contributed by atoms with Gasteiger partial charge in [-0.1, -0.05) is 18.2 Å². The Morgan fingerprint density at radius 2 is 1.71 bits per heavy atom. The monoisotopic (exact) mass is 443 g/mol. The van der Waals surface area contributed by atoms with Crippen LogP contribution >= 0.6 is 0 Å². The Balaban J connectivity index is 1.28. The van der Waals surface area contributed by atoms with Crippen LogP contribution in [-0.2, 0) is 14.8 Å². The van der Waals surface area contributed by atoms with Crippen molar-refractivity contribution in [1.82, 2.24) is 14.6 Å². The maximum atomic E-state index is 12.9. The van der Waals surface area contributed by atoms with Crippen LogP contribution in [0.2, 0.25) is 0 Å². The number of hydrogen-bond donors (Lipinski definition) is 1. The van der Waals surface area contributed by atoms with Crippen LogP contribution in [0.3, 0.4) is 0 Å². The van der Waals surface area contributed by atoms with Crippen molar-refractivity contribution in [1.29, 1.82) is 0 Å². The predicted molar refractivity (Wildman–Crippen MR) is 117 cm³/mol. The lowest BCUT2D eigenvalue weighted by Crippen LogP contribution is -2.48. The third-order valence-corrected chi connectivity index (χ3v) is 7.99. The van der Waals surface area contributed by atoms with E-state index in [0.29, 0.717) is 19.4 Å². The smallest absolute Gasteiger partial charge is 0.243 e. The van der Waals surface area contributed by atoms with Crippen LogP contribution < -0.4 is 10.1 Å². The van der Waals surface area contributed by atoms with Gasteiger partial charge in [0.15, 0.2) is 0 Å². The lowest BCUT2D eigenvalue weighted by molar-refractivity contribution is -0.127. The molecule has 0 spiro atoms. The summed E-state index contributed by atoms with van der Waals surface area (Å²) in [5, 5.41) is 3.16. The fraction of sp³-hybridized carbons (Fsp3) is 0.478. The van der Waals surface area contributed by atoms with Crippen LogP contribution in [0.1, 0.15) is 38.5 Å². The third kappa shape index (κ3) is 5.43. The van der Waals surface area contributed by atoms with Gasteiger partial charge < -0.3 is 10.1 Å². The second kappa shape index (κ2) is 9.78. The zero-order valence-corrected chi connectivity index (χ0v) is 18.3. The van der Waals surface area contributed by atoms with E-state index in [1.807, 2.05) is 12.1 Å². The number of benzene rings is 1. The molecule has 31 heavy (non-hydrogen) atoms. The zero-order valence-electron chi connectivity index (χ0n) is 17.5. The zero-order chi connectivity index (χ0) is 21.7. The van der Waals surface area contributed by atoms with E-state index in [1.165, 1.54) is 4.31 Å². The average molecular weight is 444 g/mol. The molecule has 2 aliphatic rings. The second-order valence-electron chi connectivity index (χ2n) is 8.30. The van der Waals surface area contributed by atoms with Crippen molar-refractivity contribution in [3.8, 4) is 5.75 Å². The molecule has 166 valence electrons. The summed E-state index contributed by atoms with van der Waals surface area (Å²) in [6, 6.07) is 12.3. The Bertz CT molecular complexity index is 961. The molecule has 0 radical (unpaired) electrons. The first kappa shape index (κ1) is 21.8. The van der Waals surface area contributed by atoms with Gasteiger partial charge in [-0.2, -0.15) is 4.31 Å². The lowest BCUT2D eigenvalue weighted by atomic mass is 9.91. The number of sulfonamides is 1. The SMILES string of the molecule is O=C(N[C@H]1CC[C@H](Oc2ccncc2)CC1)[C@H]1CCCN(S(=O)(=O)c2ccccc2)C1. The van der Waals surface area contributed by atoms with Crippen molar-refractivity contribution in [2.24, 2.45) is 5.92 Å². The lowest BCUT2D eigenvalue weighted by Gasteiger charge is -2.34. The first-order valence-corrected chi connectivity index (χ1v) is 12.4. The molecule has 7 nitrogen and oxygen atoms in total. The van der Waals surface area contributed by atoms with E-state index in [4.69, 9.17) is 4.74 Å². The van der Waals surface area contributed by atoms with Crippen LogP contribution in [0.4, 0.5) is 0 Å². The van der Waals surface area contributed by atoms with Crippen molar-refractivity contribution < 1.29 is 17.9 Å². The largest absolute Gasteiger partial charge is 0.490 e. The Morgan fingerprint density at radius 3 is 2.42 bits per heavy atom. The van der Waals surface area contributed by atoms with Gasteiger partial charge in [-0.05, 0) is 62.8 Å². The quantitative estimate of drug-likeness (QED) is 0.742. The molecule has 2 heterocycles. The average Bonchev–Trinajstić information content (AvgIpc) is 2.82. The number of ether oxygens (including phenoxy) is 1.